The number of thiazole rings is 1. The van der Waals surface area contributed by atoms with Crippen molar-refractivity contribution in [2.45, 2.75) is 46.0 Å². The smallest absolute Gasteiger partial charge is 0.410 e. The fraction of sp³-hybridized carbons (Fsp3) is 0.500. The summed E-state index contributed by atoms with van der Waals surface area (Å²) in [7, 11) is 0. The van der Waals surface area contributed by atoms with Crippen LogP contribution in [0.15, 0.2) is 11.6 Å². The molecule has 140 valence electrons. The average molecular weight is 398 g/mol. The van der Waals surface area contributed by atoms with E-state index >= 15 is 0 Å². The molecule has 0 spiro atoms. The number of hydrogen-bond donors (Lipinski definition) is 1. The van der Waals surface area contributed by atoms with Gasteiger partial charge in [0.2, 0.25) is 0 Å². The van der Waals surface area contributed by atoms with E-state index in [2.05, 4.69) is 15.4 Å². The number of fused-ring (bicyclic) bond motifs is 1. The molecule has 0 saturated carbocycles. The lowest BCUT2D eigenvalue weighted by molar-refractivity contribution is 0.0193. The summed E-state index contributed by atoms with van der Waals surface area (Å²) < 4.78 is 7.29. The van der Waals surface area contributed by atoms with Crippen molar-refractivity contribution in [3.05, 3.63) is 33.0 Å². The predicted molar refractivity (Wildman–Crippen MR) is 97.2 cm³/mol. The third-order valence-electron chi connectivity index (χ3n) is 3.72. The van der Waals surface area contributed by atoms with Crippen LogP contribution in [-0.2, 0) is 24.4 Å². The van der Waals surface area contributed by atoms with Gasteiger partial charge in [0, 0.05) is 24.0 Å². The highest BCUT2D eigenvalue weighted by atomic mass is 35.5. The second kappa shape index (κ2) is 7.24. The third kappa shape index (κ3) is 4.34. The van der Waals surface area contributed by atoms with Gasteiger partial charge in [-0.1, -0.05) is 11.6 Å². The van der Waals surface area contributed by atoms with Crippen LogP contribution in [0.4, 0.5) is 4.79 Å². The molecule has 3 rings (SSSR count). The molecule has 0 aromatic carbocycles. The maximum Gasteiger partial charge on any atom is 0.410 e. The first-order valence-electron chi connectivity index (χ1n) is 8.13. The van der Waals surface area contributed by atoms with Gasteiger partial charge in [-0.2, -0.15) is 5.10 Å². The maximum atomic E-state index is 12.3. The molecule has 1 N–H and O–H groups in total. The standard InChI is InChI=1S/C16H20ClN5O3S/c1-16(2,3)25-15(24)21-4-5-22-11(8-21)10(7-19-22)6-18-13(23)14-20-12(17)9-26-14/h7,9H,4-6,8H2,1-3H3,(H,18,23). The normalized spacial score (nSPS) is 14.1. The summed E-state index contributed by atoms with van der Waals surface area (Å²) in [6.07, 6.45) is 1.36. The van der Waals surface area contributed by atoms with E-state index in [9.17, 15) is 9.59 Å². The summed E-state index contributed by atoms with van der Waals surface area (Å²) in [4.78, 5) is 30.0. The summed E-state index contributed by atoms with van der Waals surface area (Å²) in [5, 5.41) is 9.36. The molecule has 0 atom stereocenters. The van der Waals surface area contributed by atoms with E-state index in [4.69, 9.17) is 16.3 Å². The maximum absolute atomic E-state index is 12.3. The van der Waals surface area contributed by atoms with E-state index in [1.807, 2.05) is 25.5 Å². The number of halogens is 1. The molecule has 3 heterocycles. The molecule has 10 heteroatoms. The van der Waals surface area contributed by atoms with Crippen molar-refractivity contribution in [3.8, 4) is 0 Å². The molecule has 1 aliphatic heterocycles. The topological polar surface area (TPSA) is 89.4 Å². The van der Waals surface area contributed by atoms with E-state index in [-0.39, 0.29) is 12.0 Å². The number of nitrogens with zero attached hydrogens (tertiary/aromatic N) is 4. The van der Waals surface area contributed by atoms with Gasteiger partial charge in [-0.3, -0.25) is 9.48 Å². The first-order chi connectivity index (χ1) is 12.2. The summed E-state index contributed by atoms with van der Waals surface area (Å²) in [5.74, 6) is -0.290. The number of carbonyl (C=O) groups excluding carboxylic acids is 2. The van der Waals surface area contributed by atoms with Gasteiger partial charge in [-0.25, -0.2) is 9.78 Å². The summed E-state index contributed by atoms with van der Waals surface area (Å²) in [6, 6.07) is 0. The van der Waals surface area contributed by atoms with Crippen molar-refractivity contribution in [2.24, 2.45) is 0 Å². The number of nitrogens with one attached hydrogen (secondary N) is 1. The van der Waals surface area contributed by atoms with E-state index < -0.39 is 5.60 Å². The molecular formula is C16H20ClN5O3S. The highest BCUT2D eigenvalue weighted by Crippen LogP contribution is 2.20. The Morgan fingerprint density at radius 3 is 2.81 bits per heavy atom. The van der Waals surface area contributed by atoms with Crippen LogP contribution in [0.5, 0.6) is 0 Å². The zero-order valence-electron chi connectivity index (χ0n) is 14.8. The van der Waals surface area contributed by atoms with Gasteiger partial charge in [0.05, 0.1) is 25.0 Å². The van der Waals surface area contributed by atoms with Crippen LogP contribution in [0.3, 0.4) is 0 Å². The SMILES string of the molecule is CC(C)(C)OC(=O)N1CCn2ncc(CNC(=O)c3nc(Cl)cs3)c2C1. The Morgan fingerprint density at radius 2 is 2.15 bits per heavy atom. The second-order valence-electron chi connectivity index (χ2n) is 6.90. The summed E-state index contributed by atoms with van der Waals surface area (Å²) in [5.41, 5.74) is 1.20. The highest BCUT2D eigenvalue weighted by molar-refractivity contribution is 7.12. The quantitative estimate of drug-likeness (QED) is 0.859. The van der Waals surface area contributed by atoms with Crippen LogP contribution in [0.1, 0.15) is 41.8 Å². The molecule has 1 aliphatic rings. The summed E-state index contributed by atoms with van der Waals surface area (Å²) >= 11 is 6.93. The van der Waals surface area contributed by atoms with Crippen LogP contribution < -0.4 is 5.32 Å². The van der Waals surface area contributed by atoms with Crippen molar-refractivity contribution in [1.82, 2.24) is 25.0 Å². The number of aromatic nitrogens is 3. The Bertz CT molecular complexity index is 826. The van der Waals surface area contributed by atoms with E-state index in [0.717, 1.165) is 11.3 Å². The van der Waals surface area contributed by atoms with Gasteiger partial charge in [0.1, 0.15) is 10.8 Å². The molecule has 2 aromatic rings. The Balaban J connectivity index is 1.65. The van der Waals surface area contributed by atoms with Crippen LogP contribution >= 0.6 is 22.9 Å². The first-order valence-corrected chi connectivity index (χ1v) is 9.39. The Kier molecular flexibility index (Phi) is 5.19. The Hall–Kier alpha value is -2.13. The van der Waals surface area contributed by atoms with Crippen LogP contribution in [-0.4, -0.2) is 43.8 Å². The minimum Gasteiger partial charge on any atom is -0.444 e. The fourth-order valence-corrected chi connectivity index (χ4v) is 3.40. The van der Waals surface area contributed by atoms with Crippen LogP contribution in [0.2, 0.25) is 5.15 Å². The van der Waals surface area contributed by atoms with Gasteiger partial charge < -0.3 is 15.0 Å². The zero-order chi connectivity index (χ0) is 18.9. The number of carbonyl (C=O) groups is 2. The Morgan fingerprint density at radius 1 is 1.38 bits per heavy atom. The fourth-order valence-electron chi connectivity index (χ4n) is 2.54. The average Bonchev–Trinajstić information content (AvgIpc) is 3.16. The lowest BCUT2D eigenvalue weighted by Crippen LogP contribution is -2.42. The molecule has 8 nitrogen and oxygen atoms in total. The number of rotatable bonds is 3. The van der Waals surface area contributed by atoms with Gasteiger partial charge >= 0.3 is 6.09 Å². The molecule has 0 fully saturated rings. The molecule has 2 aromatic heterocycles. The largest absolute Gasteiger partial charge is 0.444 e. The third-order valence-corrected chi connectivity index (χ3v) is 4.88. The predicted octanol–water partition coefficient (Wildman–Crippen LogP) is 2.67. The molecular weight excluding hydrogens is 378 g/mol. The molecule has 0 aliphatic carbocycles. The number of ether oxygens (including phenoxy) is 1. The highest BCUT2D eigenvalue weighted by Gasteiger charge is 2.27. The molecule has 0 radical (unpaired) electrons. The molecule has 2 amide bonds. The van der Waals surface area contributed by atoms with Gasteiger partial charge in [-0.05, 0) is 20.8 Å². The van der Waals surface area contributed by atoms with Gasteiger partial charge in [0.15, 0.2) is 5.01 Å². The zero-order valence-corrected chi connectivity index (χ0v) is 16.4. The van der Waals surface area contributed by atoms with Crippen molar-refractivity contribution in [2.75, 3.05) is 6.54 Å². The van der Waals surface area contributed by atoms with Gasteiger partial charge in [0.25, 0.3) is 5.91 Å². The lowest BCUT2D eigenvalue weighted by Gasteiger charge is -2.30. The summed E-state index contributed by atoms with van der Waals surface area (Å²) in [6.45, 7) is 7.33. The number of amides is 2. The molecule has 26 heavy (non-hydrogen) atoms. The van der Waals surface area contributed by atoms with Crippen molar-refractivity contribution >= 4 is 34.9 Å². The molecule has 0 bridgehead atoms. The van der Waals surface area contributed by atoms with Crippen LogP contribution in [0, 0.1) is 0 Å². The molecule has 0 saturated heterocycles. The minimum absolute atomic E-state index is 0.290. The minimum atomic E-state index is -0.541. The lowest BCUT2D eigenvalue weighted by atomic mass is 10.2. The van der Waals surface area contributed by atoms with Gasteiger partial charge in [-0.15, -0.1) is 11.3 Å². The number of hydrogen-bond acceptors (Lipinski definition) is 6. The van der Waals surface area contributed by atoms with Crippen LogP contribution in [0.25, 0.3) is 0 Å². The second-order valence-corrected chi connectivity index (χ2v) is 8.14. The van der Waals surface area contributed by atoms with E-state index in [1.165, 1.54) is 11.3 Å². The van der Waals surface area contributed by atoms with E-state index in [0.29, 0.717) is 36.3 Å². The monoisotopic (exact) mass is 397 g/mol. The van der Waals surface area contributed by atoms with Crippen molar-refractivity contribution in [3.63, 3.8) is 0 Å². The first kappa shape index (κ1) is 18.7. The van der Waals surface area contributed by atoms with Crippen molar-refractivity contribution in [1.29, 1.82) is 0 Å². The molecule has 0 unspecified atom stereocenters. The van der Waals surface area contributed by atoms with Crippen molar-refractivity contribution < 1.29 is 14.3 Å². The Labute approximate surface area is 160 Å². The van der Waals surface area contributed by atoms with E-state index in [1.54, 1.807) is 16.5 Å².